The van der Waals surface area contributed by atoms with Crippen LogP contribution < -0.4 is 10.6 Å². The lowest BCUT2D eigenvalue weighted by Gasteiger charge is -2.30. The average Bonchev–Trinajstić information content (AvgIpc) is 3.34. The fraction of sp³-hybridized carbons (Fsp3) is 0.375. The van der Waals surface area contributed by atoms with E-state index in [4.69, 9.17) is 11.6 Å². The van der Waals surface area contributed by atoms with Crippen LogP contribution in [-0.4, -0.2) is 46.4 Å². The number of anilines is 1. The molecule has 3 aliphatic heterocycles. The first-order valence-electron chi connectivity index (χ1n) is 10.7. The van der Waals surface area contributed by atoms with E-state index in [9.17, 15) is 19.5 Å². The molecule has 32 heavy (non-hydrogen) atoms. The average molecular weight is 454 g/mol. The number of hydrogen-bond acceptors (Lipinski definition) is 5. The van der Waals surface area contributed by atoms with Crippen LogP contribution in [0.2, 0.25) is 5.02 Å². The molecule has 3 amide bonds. The lowest BCUT2D eigenvalue weighted by molar-refractivity contribution is -0.143. The van der Waals surface area contributed by atoms with E-state index in [1.54, 1.807) is 19.1 Å². The van der Waals surface area contributed by atoms with E-state index in [0.717, 1.165) is 11.1 Å². The summed E-state index contributed by atoms with van der Waals surface area (Å²) in [7, 11) is 0. The number of imide groups is 1. The van der Waals surface area contributed by atoms with Gasteiger partial charge in [0.05, 0.1) is 17.9 Å². The molecule has 8 heteroatoms. The first-order valence-corrected chi connectivity index (χ1v) is 11.1. The van der Waals surface area contributed by atoms with Crippen molar-refractivity contribution in [2.24, 2.45) is 11.8 Å². The van der Waals surface area contributed by atoms with E-state index in [-0.39, 0.29) is 12.5 Å². The van der Waals surface area contributed by atoms with Gasteiger partial charge < -0.3 is 10.4 Å². The van der Waals surface area contributed by atoms with Gasteiger partial charge >= 0.3 is 0 Å². The smallest absolute Gasteiger partial charge is 0.250 e. The van der Waals surface area contributed by atoms with Gasteiger partial charge in [-0.05, 0) is 43.5 Å². The van der Waals surface area contributed by atoms with Crippen LogP contribution in [0.25, 0.3) is 0 Å². The number of rotatable bonds is 4. The maximum atomic E-state index is 13.6. The lowest BCUT2D eigenvalue weighted by Crippen LogP contribution is -2.55. The molecule has 1 spiro atoms. The molecule has 0 bridgehead atoms. The van der Waals surface area contributed by atoms with Gasteiger partial charge in [-0.1, -0.05) is 41.9 Å². The number of aryl methyl sites for hydroxylation is 1. The van der Waals surface area contributed by atoms with Crippen molar-refractivity contribution >= 4 is 35.0 Å². The van der Waals surface area contributed by atoms with Gasteiger partial charge in [0.2, 0.25) is 17.7 Å². The fourth-order valence-corrected chi connectivity index (χ4v) is 5.82. The van der Waals surface area contributed by atoms with Crippen LogP contribution in [0.4, 0.5) is 5.69 Å². The number of halogens is 1. The highest BCUT2D eigenvalue weighted by molar-refractivity contribution is 6.31. The first kappa shape index (κ1) is 21.1. The molecule has 5 atom stereocenters. The summed E-state index contributed by atoms with van der Waals surface area (Å²) in [6.45, 7) is 3.62. The number of aliphatic hydroxyl groups is 1. The number of hydrogen-bond donors (Lipinski definition) is 3. The Morgan fingerprint density at radius 3 is 2.56 bits per heavy atom. The number of carbonyl (C=O) groups excluding carboxylic acids is 3. The van der Waals surface area contributed by atoms with Crippen molar-refractivity contribution in [3.8, 4) is 0 Å². The van der Waals surface area contributed by atoms with Crippen molar-refractivity contribution in [3.05, 3.63) is 64.2 Å². The molecule has 2 aromatic carbocycles. The molecule has 2 saturated heterocycles. The summed E-state index contributed by atoms with van der Waals surface area (Å²) >= 11 is 6.31. The molecule has 0 radical (unpaired) electrons. The van der Waals surface area contributed by atoms with Gasteiger partial charge in [-0.25, -0.2) is 0 Å². The Morgan fingerprint density at radius 1 is 1.16 bits per heavy atom. The molecule has 0 saturated carbocycles. The second-order valence-electron chi connectivity index (χ2n) is 8.89. The molecule has 3 N–H and O–H groups in total. The highest BCUT2D eigenvalue weighted by Gasteiger charge is 2.71. The zero-order valence-corrected chi connectivity index (χ0v) is 18.5. The second kappa shape index (κ2) is 7.40. The summed E-state index contributed by atoms with van der Waals surface area (Å²) in [4.78, 5) is 41.7. The summed E-state index contributed by atoms with van der Waals surface area (Å²) in [5.41, 5.74) is 1.48. The summed E-state index contributed by atoms with van der Waals surface area (Å²) in [6.07, 6.45) is -0.421. The van der Waals surface area contributed by atoms with Crippen molar-refractivity contribution in [1.82, 2.24) is 10.2 Å². The van der Waals surface area contributed by atoms with E-state index in [1.165, 1.54) is 4.90 Å². The molecule has 166 valence electrons. The molecule has 7 nitrogen and oxygen atoms in total. The number of aliphatic hydroxyl groups excluding tert-OH is 1. The van der Waals surface area contributed by atoms with Crippen LogP contribution in [0.15, 0.2) is 42.5 Å². The Balaban J connectivity index is 1.58. The van der Waals surface area contributed by atoms with Crippen molar-refractivity contribution in [2.45, 2.75) is 38.0 Å². The molecule has 3 aliphatic rings. The normalized spacial score (nSPS) is 29.4. The Bertz CT molecular complexity index is 1140. The Labute approximate surface area is 190 Å². The molecule has 0 unspecified atom stereocenters. The fourth-order valence-electron chi connectivity index (χ4n) is 5.54. The van der Waals surface area contributed by atoms with Crippen LogP contribution in [-0.2, 0) is 26.3 Å². The molecule has 0 aromatic heterocycles. The van der Waals surface area contributed by atoms with Crippen LogP contribution in [0.1, 0.15) is 23.6 Å². The van der Waals surface area contributed by atoms with Gasteiger partial charge in [-0.15, -0.1) is 0 Å². The Morgan fingerprint density at radius 2 is 1.88 bits per heavy atom. The van der Waals surface area contributed by atoms with Gasteiger partial charge in [0.25, 0.3) is 0 Å². The predicted molar refractivity (Wildman–Crippen MR) is 119 cm³/mol. The quantitative estimate of drug-likeness (QED) is 0.615. The largest absolute Gasteiger partial charge is 0.392 e. The Hall–Kier alpha value is -2.74. The minimum absolute atomic E-state index is 0.223. The van der Waals surface area contributed by atoms with Crippen LogP contribution in [0, 0.1) is 18.8 Å². The van der Waals surface area contributed by atoms with Crippen molar-refractivity contribution < 1.29 is 19.5 Å². The van der Waals surface area contributed by atoms with Gasteiger partial charge in [-0.2, -0.15) is 0 Å². The Kier molecular flexibility index (Phi) is 4.89. The van der Waals surface area contributed by atoms with Gasteiger partial charge in [0.15, 0.2) is 0 Å². The van der Waals surface area contributed by atoms with Crippen molar-refractivity contribution in [1.29, 1.82) is 0 Å². The maximum Gasteiger partial charge on any atom is 0.250 e. The van der Waals surface area contributed by atoms with E-state index < -0.39 is 41.3 Å². The lowest BCUT2D eigenvalue weighted by atomic mass is 9.76. The number of likely N-dealkylation sites (tertiary alicyclic amines) is 1. The SMILES string of the molecule is Cc1cc(Cl)cc2c1NC(=O)[C@]21N[C@H]([C@@H](C)O)[C@H]2C(=O)N(CCc3ccccc3)C(=O)[C@H]21. The summed E-state index contributed by atoms with van der Waals surface area (Å²) in [5.74, 6) is -2.95. The predicted octanol–water partition coefficient (Wildman–Crippen LogP) is 1.99. The topological polar surface area (TPSA) is 98.7 Å². The van der Waals surface area contributed by atoms with Crippen molar-refractivity contribution in [2.75, 3.05) is 11.9 Å². The van der Waals surface area contributed by atoms with Gasteiger partial charge in [-0.3, -0.25) is 24.6 Å². The highest BCUT2D eigenvalue weighted by Crippen LogP contribution is 2.54. The van der Waals surface area contributed by atoms with E-state index in [1.807, 2.05) is 37.3 Å². The minimum Gasteiger partial charge on any atom is -0.392 e. The van der Waals surface area contributed by atoms with E-state index in [0.29, 0.717) is 22.7 Å². The molecular formula is C24H24ClN3O4. The molecule has 2 fully saturated rings. The first-order chi connectivity index (χ1) is 15.3. The molecular weight excluding hydrogens is 430 g/mol. The van der Waals surface area contributed by atoms with Crippen LogP contribution in [0.3, 0.4) is 0 Å². The zero-order valence-electron chi connectivity index (χ0n) is 17.8. The third kappa shape index (κ3) is 2.85. The molecule has 5 rings (SSSR count). The number of carbonyl (C=O) groups is 3. The van der Waals surface area contributed by atoms with Gasteiger partial charge in [0, 0.05) is 28.9 Å². The summed E-state index contributed by atoms with van der Waals surface area (Å²) in [6, 6.07) is 12.3. The van der Waals surface area contributed by atoms with Crippen LogP contribution in [0.5, 0.6) is 0 Å². The molecule has 3 heterocycles. The standard InChI is InChI=1S/C24H24ClN3O4/c1-12-10-15(25)11-16-19(12)26-23(32)24(16)18-17(20(27-24)13(2)29)21(30)28(22(18)31)9-8-14-6-4-3-5-7-14/h3-7,10-11,13,17-18,20,27,29H,8-9H2,1-2H3,(H,26,32)/t13-,17+,18+,20-,24+/m1/s1. The third-order valence-electron chi connectivity index (χ3n) is 7.00. The van der Waals surface area contributed by atoms with Gasteiger partial charge in [0.1, 0.15) is 5.54 Å². The van der Waals surface area contributed by atoms with E-state index in [2.05, 4.69) is 10.6 Å². The summed E-state index contributed by atoms with van der Waals surface area (Å²) < 4.78 is 0. The van der Waals surface area contributed by atoms with Crippen LogP contribution >= 0.6 is 11.6 Å². The maximum absolute atomic E-state index is 13.6. The molecule has 0 aliphatic carbocycles. The monoisotopic (exact) mass is 453 g/mol. The molecule has 2 aromatic rings. The zero-order chi connectivity index (χ0) is 22.8. The summed E-state index contributed by atoms with van der Waals surface area (Å²) in [5, 5.41) is 17.0. The number of nitrogens with zero attached hydrogens (tertiary/aromatic N) is 1. The number of fused-ring (bicyclic) bond motifs is 4. The highest BCUT2D eigenvalue weighted by atomic mass is 35.5. The number of nitrogens with one attached hydrogen (secondary N) is 2. The number of benzene rings is 2. The minimum atomic E-state index is -1.45. The van der Waals surface area contributed by atoms with E-state index >= 15 is 0 Å². The second-order valence-corrected chi connectivity index (χ2v) is 9.32. The third-order valence-corrected chi connectivity index (χ3v) is 7.22. The number of amides is 3. The van der Waals surface area contributed by atoms with Crippen molar-refractivity contribution in [3.63, 3.8) is 0 Å².